The molecule has 2 aliphatic carbocycles. The van der Waals surface area contributed by atoms with Crippen LogP contribution < -0.4 is 0 Å². The lowest BCUT2D eigenvalue weighted by Crippen LogP contribution is -1.94. The molecule has 0 fully saturated rings. The highest BCUT2D eigenvalue weighted by atomic mass is 14.1. The van der Waals surface area contributed by atoms with E-state index in [-0.39, 0.29) is 0 Å². The van der Waals surface area contributed by atoms with Gasteiger partial charge in [0.15, 0.2) is 0 Å². The van der Waals surface area contributed by atoms with Crippen LogP contribution in [-0.4, -0.2) is 0 Å². The van der Waals surface area contributed by atoms with Crippen LogP contribution in [0.5, 0.6) is 0 Å². The van der Waals surface area contributed by atoms with Crippen LogP contribution in [0.1, 0.15) is 32.1 Å². The van der Waals surface area contributed by atoms with Gasteiger partial charge in [-0.2, -0.15) is 0 Å². The van der Waals surface area contributed by atoms with Crippen LogP contribution >= 0.6 is 0 Å². The van der Waals surface area contributed by atoms with Crippen molar-refractivity contribution in [2.45, 2.75) is 32.1 Å². The van der Waals surface area contributed by atoms with E-state index in [0.29, 0.717) is 0 Å². The summed E-state index contributed by atoms with van der Waals surface area (Å²) in [5, 5.41) is 0. The molecule has 0 aromatic carbocycles. The highest BCUT2D eigenvalue weighted by molar-refractivity contribution is 5.38. The Bertz CT molecular complexity index is 228. The van der Waals surface area contributed by atoms with Gasteiger partial charge in [0.1, 0.15) is 0 Å². The van der Waals surface area contributed by atoms with Crippen LogP contribution in [-0.2, 0) is 0 Å². The lowest BCUT2D eigenvalue weighted by molar-refractivity contribution is 0.691. The van der Waals surface area contributed by atoms with Gasteiger partial charge in [-0.25, -0.2) is 0 Å². The van der Waals surface area contributed by atoms with E-state index in [1.54, 1.807) is 0 Å². The van der Waals surface area contributed by atoms with Gasteiger partial charge >= 0.3 is 0 Å². The largest absolute Gasteiger partial charge is 0.0801 e. The zero-order chi connectivity index (χ0) is 7.52. The molecular weight excluding hydrogens is 132 g/mol. The fourth-order valence-corrected chi connectivity index (χ4v) is 1.70. The Labute approximate surface area is 68.3 Å². The van der Waals surface area contributed by atoms with E-state index in [0.717, 1.165) is 6.42 Å². The summed E-state index contributed by atoms with van der Waals surface area (Å²) in [5.41, 5.74) is 2.99. The number of rotatable bonds is 1. The Morgan fingerprint density at radius 3 is 2.91 bits per heavy atom. The topological polar surface area (TPSA) is 0 Å². The van der Waals surface area contributed by atoms with Crippen LogP contribution in [0, 0.1) is 6.08 Å². The number of hydrogen-bond acceptors (Lipinski definition) is 0. The van der Waals surface area contributed by atoms with E-state index >= 15 is 0 Å². The van der Waals surface area contributed by atoms with Gasteiger partial charge in [-0.3, -0.25) is 0 Å². The molecule has 0 heteroatoms. The molecule has 0 N–H and O–H groups in total. The van der Waals surface area contributed by atoms with Crippen LogP contribution in [0.15, 0.2) is 29.4 Å². The Kier molecular flexibility index (Phi) is 1.93. The zero-order valence-corrected chi connectivity index (χ0v) is 6.77. The predicted molar refractivity (Wildman–Crippen MR) is 47.1 cm³/mol. The van der Waals surface area contributed by atoms with Crippen molar-refractivity contribution < 1.29 is 0 Å². The number of allylic oxidation sites excluding steroid dienone is 6. The predicted octanol–water partition coefficient (Wildman–Crippen LogP) is 3.18. The summed E-state index contributed by atoms with van der Waals surface area (Å²) in [4.78, 5) is 0. The Morgan fingerprint density at radius 1 is 1.27 bits per heavy atom. The molecule has 11 heavy (non-hydrogen) atoms. The standard InChI is InChI=1S/C11H13/c1-2-6-10(7-3-1)11-8-4-5-9-11/h4-5,8H,1-3,6,9H2. The van der Waals surface area contributed by atoms with Crippen molar-refractivity contribution in [3.05, 3.63) is 35.5 Å². The maximum Gasteiger partial charge on any atom is -0.00915 e. The first-order chi connectivity index (χ1) is 5.47. The van der Waals surface area contributed by atoms with Gasteiger partial charge < -0.3 is 0 Å². The van der Waals surface area contributed by atoms with Gasteiger partial charge in [-0.1, -0.05) is 18.2 Å². The van der Waals surface area contributed by atoms with Crippen molar-refractivity contribution >= 4 is 0 Å². The van der Waals surface area contributed by atoms with Gasteiger partial charge in [-0.05, 0) is 49.3 Å². The zero-order valence-electron chi connectivity index (χ0n) is 6.77. The molecule has 0 saturated heterocycles. The summed E-state index contributed by atoms with van der Waals surface area (Å²) in [6, 6.07) is 0. The molecule has 0 bridgehead atoms. The lowest BCUT2D eigenvalue weighted by Gasteiger charge is -2.12. The van der Waals surface area contributed by atoms with E-state index in [2.05, 4.69) is 24.3 Å². The Balaban J connectivity index is 2.09. The molecule has 1 radical (unpaired) electrons. The van der Waals surface area contributed by atoms with Gasteiger partial charge in [-0.15, -0.1) is 0 Å². The van der Waals surface area contributed by atoms with Crippen molar-refractivity contribution in [2.75, 3.05) is 0 Å². The summed E-state index contributed by atoms with van der Waals surface area (Å²) in [6.45, 7) is 0. The van der Waals surface area contributed by atoms with Crippen LogP contribution in [0.3, 0.4) is 0 Å². The second kappa shape index (κ2) is 3.08. The molecule has 0 aromatic rings. The molecule has 0 atom stereocenters. The summed E-state index contributed by atoms with van der Waals surface area (Å²) < 4.78 is 0. The minimum atomic E-state index is 1.14. The van der Waals surface area contributed by atoms with Gasteiger partial charge in [0.2, 0.25) is 0 Å². The van der Waals surface area contributed by atoms with Gasteiger partial charge in [0, 0.05) is 0 Å². The normalized spacial score (nSPS) is 23.3. The summed E-state index contributed by atoms with van der Waals surface area (Å²) in [5.74, 6) is 0. The van der Waals surface area contributed by atoms with Gasteiger partial charge in [0.05, 0.1) is 0 Å². The van der Waals surface area contributed by atoms with Crippen molar-refractivity contribution in [3.8, 4) is 0 Å². The third-order valence-electron chi connectivity index (χ3n) is 2.35. The molecule has 2 rings (SSSR count). The molecule has 0 spiro atoms. The van der Waals surface area contributed by atoms with E-state index in [9.17, 15) is 0 Å². The second-order valence-corrected chi connectivity index (χ2v) is 3.19. The maximum absolute atomic E-state index is 3.47. The van der Waals surface area contributed by atoms with Crippen molar-refractivity contribution in [2.24, 2.45) is 0 Å². The molecule has 0 aliphatic heterocycles. The summed E-state index contributed by atoms with van der Waals surface area (Å²) in [6.07, 6.45) is 16.3. The lowest BCUT2D eigenvalue weighted by atomic mass is 9.93. The fourth-order valence-electron chi connectivity index (χ4n) is 1.70. The van der Waals surface area contributed by atoms with Crippen LogP contribution in [0.2, 0.25) is 0 Å². The summed E-state index contributed by atoms with van der Waals surface area (Å²) >= 11 is 0. The van der Waals surface area contributed by atoms with E-state index in [1.807, 2.05) is 0 Å². The van der Waals surface area contributed by atoms with E-state index < -0.39 is 0 Å². The minimum Gasteiger partial charge on any atom is -0.0801 e. The first-order valence-electron chi connectivity index (χ1n) is 4.42. The smallest absolute Gasteiger partial charge is 0.00915 e. The Morgan fingerprint density at radius 2 is 2.27 bits per heavy atom. The molecule has 57 valence electrons. The quantitative estimate of drug-likeness (QED) is 0.531. The first-order valence-corrected chi connectivity index (χ1v) is 4.42. The van der Waals surface area contributed by atoms with Crippen molar-refractivity contribution in [1.82, 2.24) is 0 Å². The van der Waals surface area contributed by atoms with Crippen LogP contribution in [0.4, 0.5) is 0 Å². The fraction of sp³-hybridized carbons (Fsp3) is 0.455. The third-order valence-corrected chi connectivity index (χ3v) is 2.35. The Hall–Kier alpha value is -0.780. The summed E-state index contributed by atoms with van der Waals surface area (Å²) in [7, 11) is 0. The SMILES string of the molecule is [C]1=C(C2=CC=CC2)CCCC1. The second-order valence-electron chi connectivity index (χ2n) is 3.19. The molecule has 0 saturated carbocycles. The minimum absolute atomic E-state index is 1.14. The van der Waals surface area contributed by atoms with E-state index in [4.69, 9.17) is 0 Å². The average molecular weight is 145 g/mol. The molecule has 0 aromatic heterocycles. The van der Waals surface area contributed by atoms with Crippen molar-refractivity contribution in [3.63, 3.8) is 0 Å². The molecule has 0 amide bonds. The molecular formula is C11H13. The van der Waals surface area contributed by atoms with Crippen molar-refractivity contribution in [1.29, 1.82) is 0 Å². The molecule has 0 unspecified atom stereocenters. The van der Waals surface area contributed by atoms with Crippen LogP contribution in [0.25, 0.3) is 0 Å². The van der Waals surface area contributed by atoms with E-state index in [1.165, 1.54) is 36.8 Å². The average Bonchev–Trinajstić information content (AvgIpc) is 2.58. The molecule has 0 nitrogen and oxygen atoms in total. The van der Waals surface area contributed by atoms with Gasteiger partial charge in [0.25, 0.3) is 0 Å². The molecule has 0 heterocycles. The monoisotopic (exact) mass is 145 g/mol. The highest BCUT2D eigenvalue weighted by Gasteiger charge is 2.09. The maximum atomic E-state index is 3.47. The highest BCUT2D eigenvalue weighted by Crippen LogP contribution is 2.27. The number of hydrogen-bond donors (Lipinski definition) is 0. The first kappa shape index (κ1) is 6.90. The molecule has 2 aliphatic rings. The third kappa shape index (κ3) is 1.45.